The minimum absolute atomic E-state index is 0.343. The molecule has 0 amide bonds. The molecule has 0 bridgehead atoms. The molecule has 0 aromatic carbocycles. The normalized spacial score (nSPS) is 12.6. The molecule has 0 aliphatic carbocycles. The van der Waals surface area contributed by atoms with Crippen LogP contribution in [-0.2, 0) is 6.54 Å². The summed E-state index contributed by atoms with van der Waals surface area (Å²) in [5, 5.41) is 4.23. The first kappa shape index (κ1) is 14.1. The third-order valence-electron chi connectivity index (χ3n) is 3.21. The third kappa shape index (κ3) is 3.58. The van der Waals surface area contributed by atoms with Crippen LogP contribution >= 0.6 is 11.6 Å². The first-order valence-corrected chi connectivity index (χ1v) is 7.07. The van der Waals surface area contributed by atoms with Gasteiger partial charge in [0.15, 0.2) is 0 Å². The minimum atomic E-state index is 0.343. The van der Waals surface area contributed by atoms with Gasteiger partial charge >= 0.3 is 0 Å². The highest BCUT2D eigenvalue weighted by molar-refractivity contribution is 6.31. The topological polar surface area (TPSA) is 29.9 Å². The lowest BCUT2D eigenvalue weighted by Crippen LogP contribution is -2.22. The number of hydrogen-bond acceptors (Lipinski definition) is 2. The van der Waals surface area contributed by atoms with Crippen LogP contribution in [0.4, 0.5) is 0 Å². The standard InChI is InChI=1S/C15H20ClN3/c1-3-7-18-12(2)15-5-4-9-19(15)11-13-6-8-17-10-14(13)16/h4-6,8-10,12,18H,3,7,11H2,1-2H3. The number of nitrogens with zero attached hydrogens (tertiary/aromatic N) is 2. The van der Waals surface area contributed by atoms with E-state index in [9.17, 15) is 0 Å². The minimum Gasteiger partial charge on any atom is -0.346 e. The molecule has 1 N–H and O–H groups in total. The fraction of sp³-hybridized carbons (Fsp3) is 0.400. The highest BCUT2D eigenvalue weighted by Gasteiger charge is 2.10. The Morgan fingerprint density at radius 1 is 1.42 bits per heavy atom. The molecule has 1 unspecified atom stereocenters. The van der Waals surface area contributed by atoms with E-state index in [1.54, 1.807) is 12.4 Å². The Labute approximate surface area is 119 Å². The molecule has 0 spiro atoms. The average Bonchev–Trinajstić information content (AvgIpc) is 2.87. The van der Waals surface area contributed by atoms with E-state index in [0.717, 1.165) is 30.1 Å². The number of nitrogens with one attached hydrogen (secondary N) is 1. The predicted octanol–water partition coefficient (Wildman–Crippen LogP) is 3.65. The van der Waals surface area contributed by atoms with Gasteiger partial charge in [0.2, 0.25) is 0 Å². The lowest BCUT2D eigenvalue weighted by atomic mass is 10.2. The van der Waals surface area contributed by atoms with Gasteiger partial charge in [-0.05, 0) is 43.7 Å². The van der Waals surface area contributed by atoms with Gasteiger partial charge in [-0.15, -0.1) is 0 Å². The van der Waals surface area contributed by atoms with Gasteiger partial charge in [0.1, 0.15) is 0 Å². The molecule has 0 fully saturated rings. The van der Waals surface area contributed by atoms with Crippen LogP contribution in [0.25, 0.3) is 0 Å². The van der Waals surface area contributed by atoms with Crippen molar-refractivity contribution < 1.29 is 0 Å². The van der Waals surface area contributed by atoms with E-state index in [1.165, 1.54) is 5.69 Å². The fourth-order valence-corrected chi connectivity index (χ4v) is 2.32. The Hall–Kier alpha value is -1.32. The Balaban J connectivity index is 2.14. The lowest BCUT2D eigenvalue weighted by molar-refractivity contribution is 0.534. The Morgan fingerprint density at radius 2 is 2.26 bits per heavy atom. The molecule has 3 nitrogen and oxygen atoms in total. The molecule has 2 aromatic heterocycles. The SMILES string of the molecule is CCCNC(C)c1cccn1Cc1ccncc1Cl. The van der Waals surface area contributed by atoms with Crippen LogP contribution in [-0.4, -0.2) is 16.1 Å². The van der Waals surface area contributed by atoms with Crippen LogP contribution in [0.3, 0.4) is 0 Å². The van der Waals surface area contributed by atoms with Gasteiger partial charge < -0.3 is 9.88 Å². The average molecular weight is 278 g/mol. The highest BCUT2D eigenvalue weighted by Crippen LogP contribution is 2.19. The van der Waals surface area contributed by atoms with Crippen molar-refractivity contribution in [2.45, 2.75) is 32.9 Å². The highest BCUT2D eigenvalue weighted by atomic mass is 35.5. The summed E-state index contributed by atoms with van der Waals surface area (Å²) in [7, 11) is 0. The molecule has 1 atom stereocenters. The molecule has 0 radical (unpaired) electrons. The zero-order valence-corrected chi connectivity index (χ0v) is 12.2. The van der Waals surface area contributed by atoms with Crippen LogP contribution in [0.1, 0.15) is 37.6 Å². The number of pyridine rings is 1. The zero-order valence-electron chi connectivity index (χ0n) is 11.4. The van der Waals surface area contributed by atoms with Gasteiger partial charge in [-0.3, -0.25) is 4.98 Å². The molecule has 2 heterocycles. The van der Waals surface area contributed by atoms with E-state index < -0.39 is 0 Å². The largest absolute Gasteiger partial charge is 0.346 e. The van der Waals surface area contributed by atoms with Gasteiger partial charge in [-0.1, -0.05) is 18.5 Å². The van der Waals surface area contributed by atoms with E-state index in [4.69, 9.17) is 11.6 Å². The summed E-state index contributed by atoms with van der Waals surface area (Å²) in [5.74, 6) is 0. The molecule has 19 heavy (non-hydrogen) atoms. The first-order chi connectivity index (χ1) is 9.22. The van der Waals surface area contributed by atoms with Gasteiger partial charge in [0.05, 0.1) is 5.02 Å². The van der Waals surface area contributed by atoms with Crippen molar-refractivity contribution in [1.82, 2.24) is 14.9 Å². The smallest absolute Gasteiger partial charge is 0.0639 e. The third-order valence-corrected chi connectivity index (χ3v) is 3.55. The fourth-order valence-electron chi connectivity index (χ4n) is 2.15. The van der Waals surface area contributed by atoms with Crippen LogP contribution in [0.5, 0.6) is 0 Å². The molecule has 4 heteroatoms. The van der Waals surface area contributed by atoms with Crippen molar-refractivity contribution in [3.05, 3.63) is 53.1 Å². The zero-order chi connectivity index (χ0) is 13.7. The van der Waals surface area contributed by atoms with Gasteiger partial charge in [0, 0.05) is 36.9 Å². The molecule has 102 valence electrons. The summed E-state index contributed by atoms with van der Waals surface area (Å²) in [6, 6.07) is 6.54. The van der Waals surface area contributed by atoms with Crippen molar-refractivity contribution in [3.8, 4) is 0 Å². The van der Waals surface area contributed by atoms with E-state index in [1.807, 2.05) is 6.07 Å². The lowest BCUT2D eigenvalue weighted by Gasteiger charge is -2.17. The van der Waals surface area contributed by atoms with Crippen LogP contribution in [0.2, 0.25) is 5.02 Å². The van der Waals surface area contributed by atoms with Crippen molar-refractivity contribution in [1.29, 1.82) is 0 Å². The van der Waals surface area contributed by atoms with Crippen LogP contribution < -0.4 is 5.32 Å². The van der Waals surface area contributed by atoms with Crippen molar-refractivity contribution in [3.63, 3.8) is 0 Å². The molecule has 0 aliphatic rings. The van der Waals surface area contributed by atoms with Crippen molar-refractivity contribution >= 4 is 11.6 Å². The maximum atomic E-state index is 6.17. The molecule has 0 saturated carbocycles. The van der Waals surface area contributed by atoms with Gasteiger partial charge in [-0.2, -0.15) is 0 Å². The number of hydrogen-bond donors (Lipinski definition) is 1. The predicted molar refractivity (Wildman–Crippen MR) is 79.5 cm³/mol. The molecular weight excluding hydrogens is 258 g/mol. The second-order valence-electron chi connectivity index (χ2n) is 4.70. The Bertz CT molecular complexity index is 522. The van der Waals surface area contributed by atoms with Crippen LogP contribution in [0.15, 0.2) is 36.8 Å². The number of rotatable bonds is 6. The van der Waals surface area contributed by atoms with E-state index >= 15 is 0 Å². The number of halogens is 1. The monoisotopic (exact) mass is 277 g/mol. The second-order valence-corrected chi connectivity index (χ2v) is 5.11. The second kappa shape index (κ2) is 6.73. The Kier molecular flexibility index (Phi) is 5.00. The summed E-state index contributed by atoms with van der Waals surface area (Å²) in [5.41, 5.74) is 2.37. The quantitative estimate of drug-likeness (QED) is 0.874. The summed E-state index contributed by atoms with van der Waals surface area (Å²) >= 11 is 6.17. The van der Waals surface area contributed by atoms with Crippen LogP contribution in [0, 0.1) is 0 Å². The van der Waals surface area contributed by atoms with Crippen molar-refractivity contribution in [2.75, 3.05) is 6.54 Å². The first-order valence-electron chi connectivity index (χ1n) is 6.69. The molecular formula is C15H20ClN3. The van der Waals surface area contributed by atoms with Gasteiger partial charge in [0.25, 0.3) is 0 Å². The molecule has 0 saturated heterocycles. The van der Waals surface area contributed by atoms with E-state index in [-0.39, 0.29) is 0 Å². The summed E-state index contributed by atoms with van der Waals surface area (Å²) in [6.45, 7) is 6.18. The summed E-state index contributed by atoms with van der Waals surface area (Å²) in [6.07, 6.45) is 6.71. The maximum absolute atomic E-state index is 6.17. The summed E-state index contributed by atoms with van der Waals surface area (Å²) < 4.78 is 2.23. The Morgan fingerprint density at radius 3 is 3.00 bits per heavy atom. The summed E-state index contributed by atoms with van der Waals surface area (Å²) in [4.78, 5) is 4.02. The molecule has 2 rings (SSSR count). The van der Waals surface area contributed by atoms with E-state index in [2.05, 4.69) is 47.0 Å². The molecule has 2 aromatic rings. The number of aromatic nitrogens is 2. The van der Waals surface area contributed by atoms with Gasteiger partial charge in [-0.25, -0.2) is 0 Å². The van der Waals surface area contributed by atoms with E-state index in [0.29, 0.717) is 6.04 Å². The maximum Gasteiger partial charge on any atom is 0.0639 e. The molecule has 0 aliphatic heterocycles. The van der Waals surface area contributed by atoms with Crippen molar-refractivity contribution in [2.24, 2.45) is 0 Å².